The first kappa shape index (κ1) is 29.7. The molecule has 218 valence electrons. The van der Waals surface area contributed by atoms with Crippen molar-refractivity contribution in [3.05, 3.63) is 0 Å². The third kappa shape index (κ3) is 8.62. The summed E-state index contributed by atoms with van der Waals surface area (Å²) < 4.78 is 0. The number of aliphatic hydroxyl groups is 1. The van der Waals surface area contributed by atoms with Gasteiger partial charge in [-0.25, -0.2) is 4.89 Å². The smallest absolute Gasteiger partial charge is 0.307 e. The van der Waals surface area contributed by atoms with E-state index >= 15 is 0 Å². The molecule has 4 aliphatic carbocycles. The third-order valence-electron chi connectivity index (χ3n) is 10.1. The highest BCUT2D eigenvalue weighted by atomic mass is 17.1. The van der Waals surface area contributed by atoms with Crippen LogP contribution >= 0.6 is 0 Å². The van der Waals surface area contributed by atoms with Crippen molar-refractivity contribution >= 4 is 11.9 Å². The van der Waals surface area contributed by atoms with E-state index in [-0.39, 0.29) is 18.4 Å². The van der Waals surface area contributed by atoms with Gasteiger partial charge in [0.25, 0.3) is 0 Å². The van der Waals surface area contributed by atoms with Gasteiger partial charge in [0.2, 0.25) is 5.91 Å². The number of rotatable bonds is 11. The molecule has 0 aliphatic heterocycles. The minimum absolute atomic E-state index is 0.137. The first-order valence-electron chi connectivity index (χ1n) is 15.3. The van der Waals surface area contributed by atoms with Crippen molar-refractivity contribution in [3.8, 4) is 0 Å². The maximum atomic E-state index is 12.8. The number of hydrogen-bond donors (Lipinski definition) is 5. The minimum atomic E-state index is -0.977. The van der Waals surface area contributed by atoms with Gasteiger partial charge in [0.15, 0.2) is 0 Å². The molecule has 0 saturated heterocycles. The predicted molar refractivity (Wildman–Crippen MR) is 142 cm³/mol. The Morgan fingerprint density at radius 2 is 1.34 bits per heavy atom. The van der Waals surface area contributed by atoms with Crippen molar-refractivity contribution in [1.29, 1.82) is 0 Å². The molecule has 0 heterocycles. The van der Waals surface area contributed by atoms with Crippen LogP contribution in [0.3, 0.4) is 0 Å². The zero-order chi connectivity index (χ0) is 26.9. The Hall–Kier alpha value is -1.26. The Bertz CT molecular complexity index is 734. The van der Waals surface area contributed by atoms with E-state index in [2.05, 4.69) is 15.7 Å². The van der Waals surface area contributed by atoms with Gasteiger partial charge in [-0.2, -0.15) is 5.48 Å². The number of carboxylic acid groups (broad SMARTS) is 1. The fourth-order valence-corrected chi connectivity index (χ4v) is 7.67. The van der Waals surface area contributed by atoms with Gasteiger partial charge in [-0.15, -0.1) is 0 Å². The van der Waals surface area contributed by atoms with Gasteiger partial charge in [0.05, 0.1) is 31.2 Å². The fraction of sp³-hybridized carbons (Fsp3) is 0.931. The Kier molecular flexibility index (Phi) is 11.7. The van der Waals surface area contributed by atoms with Gasteiger partial charge in [0, 0.05) is 12.1 Å². The second kappa shape index (κ2) is 14.9. The normalized spacial score (nSPS) is 38.4. The number of hydroxylamine groups is 1. The van der Waals surface area contributed by atoms with Crippen molar-refractivity contribution in [1.82, 2.24) is 10.8 Å². The minimum Gasteiger partial charge on any atom is -0.481 e. The molecule has 0 aromatic rings. The standard InChI is InChI=1S/C29H50N2O7/c32-25-13-14-26(27(16-25)29(34)35)28(33)30-23-9-5-19(6-10-23)15-20-7-11-24(12-8-20)31-37-17-21-3-1-2-4-22(21)18-38-36/h19-27,31-32,36H,1-18H2,(H,30,33)(H,34,35). The lowest BCUT2D eigenvalue weighted by molar-refractivity contribution is -0.256. The van der Waals surface area contributed by atoms with Crippen LogP contribution in [0.5, 0.6) is 0 Å². The molecule has 0 radical (unpaired) electrons. The fourth-order valence-electron chi connectivity index (χ4n) is 7.67. The summed E-state index contributed by atoms with van der Waals surface area (Å²) in [5.41, 5.74) is 3.32. The number of carbonyl (C=O) groups excluding carboxylic acids is 1. The van der Waals surface area contributed by atoms with Crippen LogP contribution in [0.4, 0.5) is 0 Å². The molecule has 4 fully saturated rings. The molecule has 0 aromatic carbocycles. The molecule has 0 spiro atoms. The lowest BCUT2D eigenvalue weighted by atomic mass is 9.75. The van der Waals surface area contributed by atoms with Crippen LogP contribution in [0.15, 0.2) is 0 Å². The van der Waals surface area contributed by atoms with Gasteiger partial charge >= 0.3 is 5.97 Å². The summed E-state index contributed by atoms with van der Waals surface area (Å²) in [6, 6.07) is 0.564. The van der Waals surface area contributed by atoms with E-state index in [0.29, 0.717) is 49.9 Å². The maximum absolute atomic E-state index is 12.8. The summed E-state index contributed by atoms with van der Waals surface area (Å²) in [7, 11) is 0. The van der Waals surface area contributed by atoms with Crippen molar-refractivity contribution < 1.29 is 34.8 Å². The van der Waals surface area contributed by atoms with E-state index in [1.54, 1.807) is 0 Å². The van der Waals surface area contributed by atoms with Crippen molar-refractivity contribution in [2.45, 2.75) is 121 Å². The van der Waals surface area contributed by atoms with E-state index in [0.717, 1.165) is 57.3 Å². The predicted octanol–water partition coefficient (Wildman–Crippen LogP) is 4.29. The van der Waals surface area contributed by atoms with Crippen molar-refractivity contribution in [2.75, 3.05) is 13.2 Å². The number of carboxylic acids is 1. The molecular weight excluding hydrogens is 488 g/mol. The highest BCUT2D eigenvalue weighted by Gasteiger charge is 2.39. The molecule has 1 amide bonds. The molecule has 9 heteroatoms. The molecule has 4 saturated carbocycles. The Labute approximate surface area is 227 Å². The lowest BCUT2D eigenvalue weighted by Crippen LogP contribution is -2.46. The number of nitrogens with one attached hydrogen (secondary N) is 2. The van der Waals surface area contributed by atoms with E-state index in [1.807, 2.05) is 0 Å². The van der Waals surface area contributed by atoms with Crippen LogP contribution in [0.2, 0.25) is 0 Å². The summed E-state index contributed by atoms with van der Waals surface area (Å²) in [4.78, 5) is 34.8. The summed E-state index contributed by atoms with van der Waals surface area (Å²) in [5, 5.41) is 31.3. The molecule has 0 aromatic heterocycles. The number of hydrogen-bond acceptors (Lipinski definition) is 7. The van der Waals surface area contributed by atoms with E-state index < -0.39 is 23.9 Å². The summed E-state index contributed by atoms with van der Waals surface area (Å²) >= 11 is 0. The van der Waals surface area contributed by atoms with E-state index in [1.165, 1.54) is 32.1 Å². The van der Waals surface area contributed by atoms with Crippen LogP contribution in [0.1, 0.15) is 103 Å². The van der Waals surface area contributed by atoms with Crippen LogP contribution in [0.25, 0.3) is 0 Å². The first-order chi connectivity index (χ1) is 18.4. The van der Waals surface area contributed by atoms with E-state index in [9.17, 15) is 19.8 Å². The Morgan fingerprint density at radius 1 is 0.737 bits per heavy atom. The van der Waals surface area contributed by atoms with Gasteiger partial charge in [-0.1, -0.05) is 12.8 Å². The Balaban J connectivity index is 1.09. The van der Waals surface area contributed by atoms with Crippen molar-refractivity contribution in [2.24, 2.45) is 35.5 Å². The molecule has 0 bridgehead atoms. The second-order valence-electron chi connectivity index (χ2n) is 12.7. The quantitative estimate of drug-likeness (QED) is 0.194. The highest BCUT2D eigenvalue weighted by Crippen LogP contribution is 2.37. The first-order valence-corrected chi connectivity index (χ1v) is 15.3. The molecule has 4 aliphatic rings. The average molecular weight is 539 g/mol. The lowest BCUT2D eigenvalue weighted by Gasteiger charge is -2.36. The van der Waals surface area contributed by atoms with Gasteiger partial charge in [-0.3, -0.25) is 14.8 Å². The number of aliphatic carboxylic acids is 1. The molecule has 5 unspecified atom stereocenters. The number of aliphatic hydroxyl groups excluding tert-OH is 1. The summed E-state index contributed by atoms with van der Waals surface area (Å²) in [6.45, 7) is 1.09. The monoisotopic (exact) mass is 538 g/mol. The molecule has 5 atom stereocenters. The Morgan fingerprint density at radius 3 is 1.95 bits per heavy atom. The summed E-state index contributed by atoms with van der Waals surface area (Å²) in [6.07, 6.45) is 15.4. The molecule has 4 rings (SSSR count). The largest absolute Gasteiger partial charge is 0.481 e. The second-order valence-corrected chi connectivity index (χ2v) is 12.7. The molecule has 5 N–H and O–H groups in total. The van der Waals surface area contributed by atoms with Gasteiger partial charge in [0.1, 0.15) is 0 Å². The molecule has 9 nitrogen and oxygen atoms in total. The van der Waals surface area contributed by atoms with E-state index in [4.69, 9.17) is 10.1 Å². The molecule has 38 heavy (non-hydrogen) atoms. The highest BCUT2D eigenvalue weighted by molar-refractivity contribution is 5.85. The SMILES string of the molecule is O=C(O)C1CC(O)CCC1C(=O)NC1CCC(CC2CCC(NOCC3CCCCC3COO)CC2)CC1. The molecular formula is C29H50N2O7. The van der Waals surface area contributed by atoms with Crippen LogP contribution in [-0.4, -0.2) is 58.7 Å². The maximum Gasteiger partial charge on any atom is 0.307 e. The average Bonchev–Trinajstić information content (AvgIpc) is 2.92. The van der Waals surface area contributed by atoms with Gasteiger partial charge < -0.3 is 20.4 Å². The van der Waals surface area contributed by atoms with Crippen LogP contribution in [-0.2, 0) is 19.3 Å². The number of amides is 1. The number of carbonyl (C=O) groups is 2. The van der Waals surface area contributed by atoms with Crippen LogP contribution < -0.4 is 10.8 Å². The van der Waals surface area contributed by atoms with Crippen molar-refractivity contribution in [3.63, 3.8) is 0 Å². The third-order valence-corrected chi connectivity index (χ3v) is 10.1. The van der Waals surface area contributed by atoms with Crippen LogP contribution in [0, 0.1) is 35.5 Å². The zero-order valence-electron chi connectivity index (χ0n) is 22.9. The van der Waals surface area contributed by atoms with Gasteiger partial charge in [-0.05, 0) is 114 Å². The topological polar surface area (TPSA) is 137 Å². The zero-order valence-corrected chi connectivity index (χ0v) is 22.9. The summed E-state index contributed by atoms with van der Waals surface area (Å²) in [5.74, 6) is -0.112.